The lowest BCUT2D eigenvalue weighted by Crippen LogP contribution is -2.35. The van der Waals surface area contributed by atoms with E-state index in [1.165, 1.54) is 12.8 Å². The average molecular weight is 196 g/mol. The van der Waals surface area contributed by atoms with Gasteiger partial charge < -0.3 is 4.42 Å². The second-order valence-corrected chi connectivity index (χ2v) is 3.62. The van der Waals surface area contributed by atoms with Crippen molar-refractivity contribution in [2.75, 3.05) is 0 Å². The zero-order valence-corrected chi connectivity index (χ0v) is 8.83. The lowest BCUT2D eigenvalue weighted by Gasteiger charge is -2.14. The summed E-state index contributed by atoms with van der Waals surface area (Å²) in [4.78, 5) is 0. The minimum atomic E-state index is 0.417. The Morgan fingerprint density at radius 1 is 1.50 bits per heavy atom. The Morgan fingerprint density at radius 2 is 2.36 bits per heavy atom. The molecule has 0 aromatic carbocycles. The molecule has 1 rings (SSSR count). The van der Waals surface area contributed by atoms with Crippen molar-refractivity contribution < 1.29 is 4.42 Å². The van der Waals surface area contributed by atoms with Crippen LogP contribution < -0.4 is 11.3 Å². The Balaban J connectivity index is 2.20. The average Bonchev–Trinajstić information content (AvgIpc) is 2.71. The highest BCUT2D eigenvalue weighted by molar-refractivity contribution is 4.98. The molecule has 3 nitrogen and oxygen atoms in total. The quantitative estimate of drug-likeness (QED) is 0.519. The maximum absolute atomic E-state index is 5.47. The smallest absolute Gasteiger partial charge is 0.103 e. The normalized spacial score (nSPS) is 13.0. The van der Waals surface area contributed by atoms with E-state index in [9.17, 15) is 0 Å². The highest BCUT2D eigenvalue weighted by atomic mass is 16.3. The molecular formula is C11H20N2O. The van der Waals surface area contributed by atoms with Crippen LogP contribution in [-0.2, 0) is 6.42 Å². The van der Waals surface area contributed by atoms with E-state index in [1.807, 2.05) is 12.1 Å². The summed E-state index contributed by atoms with van der Waals surface area (Å²) in [7, 11) is 0. The van der Waals surface area contributed by atoms with Crippen LogP contribution in [0.2, 0.25) is 0 Å². The van der Waals surface area contributed by atoms with E-state index >= 15 is 0 Å². The van der Waals surface area contributed by atoms with E-state index in [4.69, 9.17) is 10.3 Å². The summed E-state index contributed by atoms with van der Waals surface area (Å²) in [6.07, 6.45) is 7.32. The first-order chi connectivity index (χ1) is 6.86. The summed E-state index contributed by atoms with van der Waals surface area (Å²) in [5.74, 6) is 6.52. The molecule has 0 saturated carbocycles. The van der Waals surface area contributed by atoms with Crippen molar-refractivity contribution in [3.63, 3.8) is 0 Å². The number of nitrogens with two attached hydrogens (primary N) is 1. The number of hydrazine groups is 1. The lowest BCUT2D eigenvalue weighted by atomic mass is 10.0. The second kappa shape index (κ2) is 6.62. The van der Waals surface area contributed by atoms with Gasteiger partial charge in [-0.1, -0.05) is 19.8 Å². The van der Waals surface area contributed by atoms with Crippen LogP contribution in [0.25, 0.3) is 0 Å². The minimum Gasteiger partial charge on any atom is -0.469 e. The Hall–Kier alpha value is -0.800. The molecule has 80 valence electrons. The van der Waals surface area contributed by atoms with E-state index in [-0.39, 0.29) is 0 Å². The molecule has 3 N–H and O–H groups in total. The molecule has 1 aromatic rings. The van der Waals surface area contributed by atoms with Crippen molar-refractivity contribution in [3.8, 4) is 0 Å². The van der Waals surface area contributed by atoms with Crippen molar-refractivity contribution in [3.05, 3.63) is 24.2 Å². The first-order valence-corrected chi connectivity index (χ1v) is 5.35. The summed E-state index contributed by atoms with van der Waals surface area (Å²) in [6, 6.07) is 4.35. The van der Waals surface area contributed by atoms with Gasteiger partial charge in [0, 0.05) is 12.5 Å². The first kappa shape index (κ1) is 11.3. The molecule has 1 heterocycles. The molecule has 0 bridgehead atoms. The number of rotatable bonds is 7. The summed E-state index contributed by atoms with van der Waals surface area (Å²) in [6.45, 7) is 2.19. The largest absolute Gasteiger partial charge is 0.469 e. The van der Waals surface area contributed by atoms with Gasteiger partial charge in [-0.15, -0.1) is 0 Å². The number of hydrogen-bond acceptors (Lipinski definition) is 3. The molecule has 0 spiro atoms. The van der Waals surface area contributed by atoms with Gasteiger partial charge >= 0.3 is 0 Å². The molecule has 14 heavy (non-hydrogen) atoms. The van der Waals surface area contributed by atoms with Gasteiger partial charge in [-0.25, -0.2) is 0 Å². The summed E-state index contributed by atoms with van der Waals surface area (Å²) < 4.78 is 5.26. The molecule has 0 aliphatic rings. The molecular weight excluding hydrogens is 176 g/mol. The van der Waals surface area contributed by atoms with Crippen molar-refractivity contribution in [2.45, 2.75) is 45.1 Å². The number of unbranched alkanes of at least 4 members (excludes halogenated alkanes) is 1. The molecule has 1 atom stereocenters. The third-order valence-corrected chi connectivity index (χ3v) is 2.46. The van der Waals surface area contributed by atoms with Crippen LogP contribution in [-0.4, -0.2) is 6.04 Å². The number of hydrogen-bond donors (Lipinski definition) is 2. The standard InChI is InChI=1S/C11H20N2O/c1-2-3-5-10(13-12)7-8-11-6-4-9-14-11/h4,6,9-10,13H,2-3,5,7-8,12H2,1H3. The molecule has 0 radical (unpaired) electrons. The van der Waals surface area contributed by atoms with Gasteiger partial charge in [-0.2, -0.15) is 0 Å². The van der Waals surface area contributed by atoms with Crippen LogP contribution in [0.15, 0.2) is 22.8 Å². The highest BCUT2D eigenvalue weighted by Crippen LogP contribution is 2.09. The topological polar surface area (TPSA) is 51.2 Å². The minimum absolute atomic E-state index is 0.417. The van der Waals surface area contributed by atoms with Crippen LogP contribution in [0.4, 0.5) is 0 Å². The zero-order chi connectivity index (χ0) is 10.2. The van der Waals surface area contributed by atoms with E-state index in [0.717, 1.165) is 25.0 Å². The fourth-order valence-corrected chi connectivity index (χ4v) is 1.53. The third-order valence-electron chi connectivity index (χ3n) is 2.46. The van der Waals surface area contributed by atoms with E-state index < -0.39 is 0 Å². The van der Waals surface area contributed by atoms with Gasteiger partial charge in [0.15, 0.2) is 0 Å². The summed E-state index contributed by atoms with van der Waals surface area (Å²) in [5.41, 5.74) is 2.86. The van der Waals surface area contributed by atoms with Crippen LogP contribution >= 0.6 is 0 Å². The molecule has 3 heteroatoms. The molecule has 0 fully saturated rings. The number of aryl methyl sites for hydroxylation is 1. The number of furan rings is 1. The molecule has 0 amide bonds. The van der Waals surface area contributed by atoms with Crippen molar-refractivity contribution in [1.82, 2.24) is 5.43 Å². The maximum atomic E-state index is 5.47. The van der Waals surface area contributed by atoms with Crippen LogP contribution in [0, 0.1) is 0 Å². The summed E-state index contributed by atoms with van der Waals surface area (Å²) >= 11 is 0. The first-order valence-electron chi connectivity index (χ1n) is 5.35. The SMILES string of the molecule is CCCCC(CCc1ccco1)NN. The van der Waals surface area contributed by atoms with E-state index in [1.54, 1.807) is 6.26 Å². The fourth-order valence-electron chi connectivity index (χ4n) is 1.53. The number of nitrogens with one attached hydrogen (secondary N) is 1. The van der Waals surface area contributed by atoms with Crippen LogP contribution in [0.1, 0.15) is 38.4 Å². The molecule has 0 aliphatic carbocycles. The van der Waals surface area contributed by atoms with Gasteiger partial charge in [-0.3, -0.25) is 11.3 Å². The van der Waals surface area contributed by atoms with Gasteiger partial charge in [0.25, 0.3) is 0 Å². The molecule has 1 unspecified atom stereocenters. The molecule has 1 aromatic heterocycles. The molecule has 0 saturated heterocycles. The van der Waals surface area contributed by atoms with Gasteiger partial charge in [0.05, 0.1) is 6.26 Å². The second-order valence-electron chi connectivity index (χ2n) is 3.62. The molecule has 0 aliphatic heterocycles. The van der Waals surface area contributed by atoms with Crippen molar-refractivity contribution in [1.29, 1.82) is 0 Å². The maximum Gasteiger partial charge on any atom is 0.103 e. The van der Waals surface area contributed by atoms with E-state index in [0.29, 0.717) is 6.04 Å². The van der Waals surface area contributed by atoms with E-state index in [2.05, 4.69) is 12.3 Å². The highest BCUT2D eigenvalue weighted by Gasteiger charge is 2.06. The van der Waals surface area contributed by atoms with Crippen molar-refractivity contribution in [2.24, 2.45) is 5.84 Å². The van der Waals surface area contributed by atoms with Gasteiger partial charge in [0.1, 0.15) is 5.76 Å². The summed E-state index contributed by atoms with van der Waals surface area (Å²) in [5, 5.41) is 0. The monoisotopic (exact) mass is 196 g/mol. The van der Waals surface area contributed by atoms with Gasteiger partial charge in [0.2, 0.25) is 0 Å². The Bertz CT molecular complexity index is 221. The lowest BCUT2D eigenvalue weighted by molar-refractivity contribution is 0.423. The predicted octanol–water partition coefficient (Wildman–Crippen LogP) is 2.23. The Kier molecular flexibility index (Phi) is 5.33. The zero-order valence-electron chi connectivity index (χ0n) is 8.83. The van der Waals surface area contributed by atoms with Crippen LogP contribution in [0.3, 0.4) is 0 Å². The fraction of sp³-hybridized carbons (Fsp3) is 0.636. The van der Waals surface area contributed by atoms with Gasteiger partial charge in [-0.05, 0) is 25.0 Å². The predicted molar refractivity (Wildman–Crippen MR) is 57.7 cm³/mol. The Morgan fingerprint density at radius 3 is 2.93 bits per heavy atom. The van der Waals surface area contributed by atoms with Crippen molar-refractivity contribution >= 4 is 0 Å². The third kappa shape index (κ3) is 3.94. The Labute approximate surface area is 85.6 Å². The van der Waals surface area contributed by atoms with Crippen LogP contribution in [0.5, 0.6) is 0 Å².